The molecule has 0 amide bonds. The highest BCUT2D eigenvalue weighted by molar-refractivity contribution is 6.16. The summed E-state index contributed by atoms with van der Waals surface area (Å²) in [7, 11) is 0. The first-order chi connectivity index (χ1) is 27.2. The van der Waals surface area contributed by atoms with Gasteiger partial charge in [0.15, 0.2) is 0 Å². The fourth-order valence-corrected chi connectivity index (χ4v) is 9.43. The van der Waals surface area contributed by atoms with Gasteiger partial charge in [0, 0.05) is 33.2 Å². The van der Waals surface area contributed by atoms with Crippen LogP contribution in [0, 0.1) is 5.82 Å². The topological polar surface area (TPSA) is 8.17 Å². The Bertz CT molecular complexity index is 3200. The molecular weight excluding hydrogens is 672 g/mol. The summed E-state index contributed by atoms with van der Waals surface area (Å²) in [5.41, 5.74) is 19.1. The van der Waals surface area contributed by atoms with Crippen molar-refractivity contribution >= 4 is 49.6 Å². The molecule has 0 N–H and O–H groups in total. The van der Waals surface area contributed by atoms with Crippen LogP contribution in [-0.4, -0.2) is 4.57 Å². The first-order valence-electron chi connectivity index (χ1n) is 18.8. The maximum atomic E-state index is 14.1. The average molecular weight is 703 g/mol. The zero-order chi connectivity index (χ0) is 36.2. The zero-order valence-electron chi connectivity index (χ0n) is 29.7. The standard InChI is InChI=1S/C52H31FN2/c53-33-22-24-34(25-23-33)55-49-20-6-5-14-40(49)46-30-36(27-29-50(46)55)54(48-21-7-11-32-10-1-2-12-37(32)48)35-26-28-39-43-17-9-18-44-45-19-8-16-42(52(45)47(39)31-35)38-13-3-4-15-41(38)51(43)44/h1-31H. The normalized spacial score (nSPS) is 12.1. The number of anilines is 3. The molecule has 6 bridgehead atoms. The van der Waals surface area contributed by atoms with E-state index in [1.807, 2.05) is 12.1 Å². The summed E-state index contributed by atoms with van der Waals surface area (Å²) in [5.74, 6) is -0.244. The van der Waals surface area contributed by atoms with Crippen molar-refractivity contribution in [3.63, 3.8) is 0 Å². The summed E-state index contributed by atoms with van der Waals surface area (Å²) in [6.45, 7) is 0. The van der Waals surface area contributed by atoms with Crippen molar-refractivity contribution in [3.8, 4) is 61.3 Å². The van der Waals surface area contributed by atoms with Gasteiger partial charge in [0.1, 0.15) is 5.82 Å². The third-order valence-corrected chi connectivity index (χ3v) is 11.7. The molecule has 256 valence electrons. The quantitative estimate of drug-likeness (QED) is 0.177. The van der Waals surface area contributed by atoms with Gasteiger partial charge in [-0.15, -0.1) is 0 Å². The summed E-state index contributed by atoms with van der Waals surface area (Å²) in [5, 5.41) is 4.65. The number of halogens is 1. The van der Waals surface area contributed by atoms with E-state index < -0.39 is 0 Å². The maximum Gasteiger partial charge on any atom is 0.123 e. The minimum Gasteiger partial charge on any atom is -0.310 e. The fourth-order valence-electron chi connectivity index (χ4n) is 9.43. The van der Waals surface area contributed by atoms with Gasteiger partial charge >= 0.3 is 0 Å². The summed E-state index contributed by atoms with van der Waals surface area (Å²) >= 11 is 0. The molecule has 0 radical (unpaired) electrons. The smallest absolute Gasteiger partial charge is 0.123 e. The molecule has 1 heterocycles. The molecule has 1 aromatic heterocycles. The number of hydrogen-bond acceptors (Lipinski definition) is 1. The van der Waals surface area contributed by atoms with E-state index in [1.54, 1.807) is 0 Å². The molecule has 2 aliphatic rings. The monoisotopic (exact) mass is 702 g/mol. The maximum absolute atomic E-state index is 14.1. The molecule has 3 heteroatoms. The van der Waals surface area contributed by atoms with Crippen molar-refractivity contribution in [1.82, 2.24) is 4.57 Å². The highest BCUT2D eigenvalue weighted by atomic mass is 19.1. The van der Waals surface area contributed by atoms with Gasteiger partial charge in [-0.3, -0.25) is 0 Å². The number of rotatable bonds is 4. The van der Waals surface area contributed by atoms with Gasteiger partial charge in [0.05, 0.1) is 16.7 Å². The Hall–Kier alpha value is -7.23. The summed E-state index contributed by atoms with van der Waals surface area (Å²) in [6.07, 6.45) is 0. The highest BCUT2D eigenvalue weighted by Gasteiger charge is 2.31. The van der Waals surface area contributed by atoms with Gasteiger partial charge in [0.2, 0.25) is 0 Å². The van der Waals surface area contributed by atoms with E-state index in [2.05, 4.69) is 173 Å². The van der Waals surface area contributed by atoms with Crippen LogP contribution in [-0.2, 0) is 0 Å². The lowest BCUT2D eigenvalue weighted by Crippen LogP contribution is -2.11. The first-order valence-corrected chi connectivity index (χ1v) is 18.8. The van der Waals surface area contributed by atoms with Crippen molar-refractivity contribution in [2.45, 2.75) is 0 Å². The van der Waals surface area contributed by atoms with Crippen LogP contribution in [0.3, 0.4) is 0 Å². The lowest BCUT2D eigenvalue weighted by atomic mass is 9.83. The van der Waals surface area contributed by atoms with Gasteiger partial charge in [-0.25, -0.2) is 4.39 Å². The molecule has 2 nitrogen and oxygen atoms in total. The molecule has 2 aliphatic carbocycles. The Kier molecular flexibility index (Phi) is 6.26. The van der Waals surface area contributed by atoms with E-state index >= 15 is 0 Å². The lowest BCUT2D eigenvalue weighted by molar-refractivity contribution is 0.627. The summed E-state index contributed by atoms with van der Waals surface area (Å²) in [6, 6.07) is 66.8. The third kappa shape index (κ3) is 4.29. The van der Waals surface area contributed by atoms with E-state index in [1.165, 1.54) is 78.5 Å². The van der Waals surface area contributed by atoms with Crippen molar-refractivity contribution in [1.29, 1.82) is 0 Å². The Morgan fingerprint density at radius 1 is 0.364 bits per heavy atom. The number of nitrogens with zero attached hydrogens (tertiary/aromatic N) is 2. The lowest BCUT2D eigenvalue weighted by Gasteiger charge is -2.29. The van der Waals surface area contributed by atoms with Crippen LogP contribution in [0.5, 0.6) is 0 Å². The molecule has 12 rings (SSSR count). The van der Waals surface area contributed by atoms with Crippen molar-refractivity contribution in [2.75, 3.05) is 4.90 Å². The molecule has 55 heavy (non-hydrogen) atoms. The van der Waals surface area contributed by atoms with Gasteiger partial charge in [-0.05, 0) is 128 Å². The molecule has 0 saturated carbocycles. The number of fused-ring (bicyclic) bond motifs is 8. The van der Waals surface area contributed by atoms with Gasteiger partial charge in [-0.2, -0.15) is 0 Å². The number of hydrogen-bond donors (Lipinski definition) is 0. The Balaban J connectivity index is 1.14. The Labute approximate surface area is 317 Å². The van der Waals surface area contributed by atoms with Gasteiger partial charge in [0.25, 0.3) is 0 Å². The highest BCUT2D eigenvalue weighted by Crippen LogP contribution is 2.58. The van der Waals surface area contributed by atoms with Crippen molar-refractivity contribution in [3.05, 3.63) is 194 Å². The molecular formula is C52H31FN2. The second-order valence-electron chi connectivity index (χ2n) is 14.6. The molecule has 0 unspecified atom stereocenters. The average Bonchev–Trinajstić information content (AvgIpc) is 3.51. The summed E-state index contributed by atoms with van der Waals surface area (Å²) < 4.78 is 16.3. The summed E-state index contributed by atoms with van der Waals surface area (Å²) in [4.78, 5) is 2.43. The Morgan fingerprint density at radius 3 is 1.71 bits per heavy atom. The fraction of sp³-hybridized carbons (Fsp3) is 0. The minimum atomic E-state index is -0.244. The van der Waals surface area contributed by atoms with E-state index in [0.717, 1.165) is 44.6 Å². The molecule has 10 aromatic rings. The second-order valence-corrected chi connectivity index (χ2v) is 14.6. The van der Waals surface area contributed by atoms with Crippen LogP contribution in [0.1, 0.15) is 0 Å². The molecule has 9 aromatic carbocycles. The third-order valence-electron chi connectivity index (χ3n) is 11.7. The molecule has 0 saturated heterocycles. The molecule has 0 atom stereocenters. The predicted molar refractivity (Wildman–Crippen MR) is 227 cm³/mol. The van der Waals surface area contributed by atoms with E-state index in [9.17, 15) is 4.39 Å². The van der Waals surface area contributed by atoms with Crippen LogP contribution in [0.4, 0.5) is 21.5 Å². The minimum absolute atomic E-state index is 0.244. The van der Waals surface area contributed by atoms with Crippen molar-refractivity contribution < 1.29 is 4.39 Å². The first kappa shape index (κ1) is 30.3. The van der Waals surface area contributed by atoms with E-state index in [-0.39, 0.29) is 5.82 Å². The van der Waals surface area contributed by atoms with E-state index in [0.29, 0.717) is 0 Å². The van der Waals surface area contributed by atoms with Crippen LogP contribution < -0.4 is 4.90 Å². The van der Waals surface area contributed by atoms with Gasteiger partial charge in [-0.1, -0.05) is 121 Å². The predicted octanol–water partition coefficient (Wildman–Crippen LogP) is 14.5. The zero-order valence-corrected chi connectivity index (χ0v) is 29.7. The Morgan fingerprint density at radius 2 is 0.909 bits per heavy atom. The molecule has 0 aliphatic heterocycles. The SMILES string of the molecule is Fc1ccc(-n2c3ccccc3c3cc(N(c4ccc5c(c4)-c4c6cccc4-c4cccc-5c4-c4ccccc4-6)c4cccc5ccccc45)ccc32)cc1. The number of para-hydroxylation sites is 1. The largest absolute Gasteiger partial charge is 0.310 e. The van der Waals surface area contributed by atoms with Crippen LogP contribution >= 0.6 is 0 Å². The van der Waals surface area contributed by atoms with Crippen LogP contribution in [0.15, 0.2) is 188 Å². The number of aromatic nitrogens is 1. The van der Waals surface area contributed by atoms with Gasteiger partial charge < -0.3 is 9.47 Å². The van der Waals surface area contributed by atoms with Crippen LogP contribution in [0.2, 0.25) is 0 Å². The van der Waals surface area contributed by atoms with Crippen molar-refractivity contribution in [2.24, 2.45) is 0 Å². The number of benzene rings is 9. The molecule has 0 spiro atoms. The van der Waals surface area contributed by atoms with Crippen LogP contribution in [0.25, 0.3) is 93.9 Å². The second kappa shape index (κ2) is 11.4. The molecule has 0 fully saturated rings. The van der Waals surface area contributed by atoms with E-state index in [4.69, 9.17) is 0 Å².